The molecule has 11 rings (SSSR count). The van der Waals surface area contributed by atoms with Crippen molar-refractivity contribution in [3.63, 3.8) is 0 Å². The molecule has 4 fully saturated rings. The molecule has 4 atom stereocenters. The van der Waals surface area contributed by atoms with Crippen molar-refractivity contribution < 1.29 is 35.5 Å². The zero-order valence-electron chi connectivity index (χ0n) is 38.7. The molecule has 5 aromatic heterocycles. The molecule has 4 aliphatic rings. The quantitative estimate of drug-likeness (QED) is 0.169. The molecule has 4 aliphatic heterocycles. The van der Waals surface area contributed by atoms with Crippen molar-refractivity contribution in [3.05, 3.63) is 95.5 Å². The maximum absolute atomic E-state index is 13.0. The van der Waals surface area contributed by atoms with Crippen LogP contribution in [0.5, 0.6) is 0 Å². The molecule has 0 spiro atoms. The summed E-state index contributed by atoms with van der Waals surface area (Å²) in [5.74, 6) is 3.08. The first-order chi connectivity index (χ1) is 32.4. The van der Waals surface area contributed by atoms with Gasteiger partial charge in [-0.05, 0) is 101 Å². The van der Waals surface area contributed by atoms with Crippen LogP contribution in [-0.2, 0) is 29.6 Å². The second-order valence-corrected chi connectivity index (χ2v) is 22.3. The number of amides is 2. The van der Waals surface area contributed by atoms with Gasteiger partial charge in [-0.25, -0.2) is 35.4 Å². The van der Waals surface area contributed by atoms with Crippen LogP contribution in [0.15, 0.2) is 70.0 Å². The molecule has 0 saturated carbocycles. The van der Waals surface area contributed by atoms with Gasteiger partial charge in [-0.2, -0.15) is 0 Å². The van der Waals surface area contributed by atoms with E-state index in [1.165, 1.54) is 21.1 Å². The van der Waals surface area contributed by atoms with E-state index in [2.05, 4.69) is 29.7 Å². The third kappa shape index (κ3) is 8.27. The topological polar surface area (TPSA) is 225 Å². The van der Waals surface area contributed by atoms with E-state index < -0.39 is 20.0 Å². The Labute approximate surface area is 393 Å². The number of hydrogen-bond acceptors (Lipinski definition) is 13. The van der Waals surface area contributed by atoms with Crippen molar-refractivity contribution in [2.45, 2.75) is 90.4 Å². The number of imidazole rings is 2. The van der Waals surface area contributed by atoms with E-state index in [1.54, 1.807) is 17.3 Å². The second-order valence-electron chi connectivity index (χ2n) is 18.3. The van der Waals surface area contributed by atoms with Crippen molar-refractivity contribution in [1.29, 1.82) is 0 Å². The Morgan fingerprint density at radius 2 is 1.22 bits per heavy atom. The summed E-state index contributed by atoms with van der Waals surface area (Å²) in [5.41, 5.74) is 9.63. The van der Waals surface area contributed by atoms with Crippen LogP contribution in [0, 0.1) is 27.7 Å². The maximum atomic E-state index is 13.0. The van der Waals surface area contributed by atoms with E-state index in [9.17, 15) is 26.4 Å². The van der Waals surface area contributed by atoms with Crippen LogP contribution < -0.4 is 10.2 Å². The number of benzene rings is 2. The Kier molecular flexibility index (Phi) is 11.6. The third-order valence-electron chi connectivity index (χ3n) is 13.7. The van der Waals surface area contributed by atoms with Crippen LogP contribution in [0.1, 0.15) is 97.2 Å². The number of aryl methyl sites for hydroxylation is 4. The lowest BCUT2D eigenvalue weighted by Gasteiger charge is -2.27. The summed E-state index contributed by atoms with van der Waals surface area (Å²) < 4.78 is 66.8. The van der Waals surface area contributed by atoms with E-state index in [4.69, 9.17) is 19.0 Å². The van der Waals surface area contributed by atoms with Gasteiger partial charge in [0.05, 0.1) is 82.0 Å². The van der Waals surface area contributed by atoms with Crippen LogP contribution in [0.3, 0.4) is 0 Å². The monoisotopic (exact) mass is 963 g/mol. The SMILES string of the molecule is Cc1noc(C)c1-c1ccc2c(c1)nc([C@@H]1CCC(=O)N1)n2[C@@H]1CCN(S(C)(=O)=O)C1.Cc1noc(C)c1-c1ccc2c(c1)nc([C@@H]1CCC(=O)N1c1cccnc1)n2[C@@H]1CCN(S(C)(=O)=O)C1. The highest BCUT2D eigenvalue weighted by atomic mass is 32.2. The number of nitrogens with zero attached hydrogens (tertiary/aromatic N) is 10. The fourth-order valence-electron chi connectivity index (χ4n) is 10.6. The molecular weight excluding hydrogens is 911 g/mol. The van der Waals surface area contributed by atoms with Crippen molar-refractivity contribution >= 4 is 59.6 Å². The number of fused-ring (bicyclic) bond motifs is 2. The highest BCUT2D eigenvalue weighted by Gasteiger charge is 2.40. The number of carbonyl (C=O) groups is 2. The highest BCUT2D eigenvalue weighted by Crippen LogP contribution is 2.42. The van der Waals surface area contributed by atoms with E-state index >= 15 is 0 Å². The number of aromatic nitrogens is 7. The largest absolute Gasteiger partial charge is 0.361 e. The van der Waals surface area contributed by atoms with Gasteiger partial charge < -0.3 is 28.4 Å². The Hall–Kier alpha value is -6.29. The molecule has 2 aromatic carbocycles. The van der Waals surface area contributed by atoms with E-state index in [-0.39, 0.29) is 36.0 Å². The zero-order chi connectivity index (χ0) is 47.8. The maximum Gasteiger partial charge on any atom is 0.227 e. The molecule has 68 heavy (non-hydrogen) atoms. The van der Waals surface area contributed by atoms with Crippen molar-refractivity contribution in [1.82, 2.24) is 48.3 Å². The lowest BCUT2D eigenvalue weighted by Crippen LogP contribution is -2.31. The average Bonchev–Trinajstić information content (AvgIpc) is 4.16. The summed E-state index contributed by atoms with van der Waals surface area (Å²) in [7, 11) is -6.56. The minimum absolute atomic E-state index is 0.0178. The normalized spacial score (nSPS) is 21.6. The van der Waals surface area contributed by atoms with E-state index in [0.29, 0.717) is 64.7 Å². The fraction of sp³-hybridized carbons (Fsp3) is 0.426. The van der Waals surface area contributed by atoms with Gasteiger partial charge in [-0.1, -0.05) is 22.4 Å². The molecule has 7 aromatic rings. The van der Waals surface area contributed by atoms with Gasteiger partial charge >= 0.3 is 0 Å². The van der Waals surface area contributed by atoms with Gasteiger partial charge in [0.2, 0.25) is 31.9 Å². The number of rotatable bonds is 9. The van der Waals surface area contributed by atoms with Crippen LogP contribution in [0.2, 0.25) is 0 Å². The number of pyridine rings is 1. The minimum Gasteiger partial charge on any atom is -0.361 e. The van der Waals surface area contributed by atoms with Crippen molar-refractivity contribution in [3.8, 4) is 22.3 Å². The van der Waals surface area contributed by atoms with Crippen LogP contribution in [0.4, 0.5) is 5.69 Å². The smallest absolute Gasteiger partial charge is 0.227 e. The lowest BCUT2D eigenvalue weighted by molar-refractivity contribution is -0.119. The number of hydrogen-bond donors (Lipinski definition) is 1. The summed E-state index contributed by atoms with van der Waals surface area (Å²) in [6.45, 7) is 9.31. The van der Waals surface area contributed by atoms with Gasteiger partial charge in [0.25, 0.3) is 0 Å². The molecule has 21 heteroatoms. The lowest BCUT2D eigenvalue weighted by atomic mass is 10.0. The molecule has 4 saturated heterocycles. The molecule has 356 valence electrons. The summed E-state index contributed by atoms with van der Waals surface area (Å²) in [6.07, 6.45) is 9.43. The fourth-order valence-corrected chi connectivity index (χ4v) is 12.3. The number of anilines is 1. The molecule has 0 unspecified atom stereocenters. The molecule has 0 aliphatic carbocycles. The van der Waals surface area contributed by atoms with Crippen molar-refractivity contribution in [2.24, 2.45) is 0 Å². The average molecular weight is 964 g/mol. The van der Waals surface area contributed by atoms with Gasteiger partial charge in [-0.15, -0.1) is 0 Å². The molecule has 0 radical (unpaired) electrons. The summed E-state index contributed by atoms with van der Waals surface area (Å²) in [5, 5.41) is 11.2. The molecule has 2 amide bonds. The predicted octanol–water partition coefficient (Wildman–Crippen LogP) is 6.24. The highest BCUT2D eigenvalue weighted by molar-refractivity contribution is 7.88. The molecule has 9 heterocycles. The van der Waals surface area contributed by atoms with E-state index in [1.807, 2.05) is 76.2 Å². The standard InChI is InChI=1S/C26H28N6O4S.C21H25N5O4S/c1-16-25(17(2)36-29-16)18-6-7-22-21(13-18)28-26(32(22)20-10-12-30(15-20)37(3,34)35)23-8-9-24(33)31(23)19-5-4-11-27-14-19;1-12-20(13(2)30-24-12)14-4-6-18-17(10-14)23-21(16-5-7-19(27)22-16)26(18)15-8-9-25(11-15)31(3,28)29/h4-7,11,13-14,20,23H,8-10,12,15H2,1-3H3;4,6,10,15-16H,5,7-9,11H2,1-3H3,(H,22,27)/t20-,23+;15-,16+/m11/s1. The number of sulfonamides is 2. The Balaban J connectivity index is 0.000000161. The van der Waals surface area contributed by atoms with E-state index in [0.717, 1.165) is 84.6 Å². The van der Waals surface area contributed by atoms with Crippen LogP contribution in [0.25, 0.3) is 44.3 Å². The summed E-state index contributed by atoms with van der Waals surface area (Å²) in [6, 6.07) is 15.3. The van der Waals surface area contributed by atoms with Gasteiger partial charge in [0.1, 0.15) is 23.2 Å². The number of nitrogens with one attached hydrogen (secondary N) is 1. The summed E-state index contributed by atoms with van der Waals surface area (Å²) >= 11 is 0. The molecule has 0 bridgehead atoms. The van der Waals surface area contributed by atoms with Gasteiger partial charge in [0, 0.05) is 56.3 Å². The second kappa shape index (κ2) is 17.3. The first-order valence-electron chi connectivity index (χ1n) is 22.8. The Morgan fingerprint density at radius 1 is 0.676 bits per heavy atom. The van der Waals surface area contributed by atoms with Gasteiger partial charge in [0.15, 0.2) is 0 Å². The Bertz CT molecular complexity index is 3300. The van der Waals surface area contributed by atoms with Gasteiger partial charge in [-0.3, -0.25) is 14.6 Å². The first-order valence-corrected chi connectivity index (χ1v) is 26.5. The van der Waals surface area contributed by atoms with Crippen LogP contribution in [-0.4, -0.2) is 110 Å². The van der Waals surface area contributed by atoms with Crippen molar-refractivity contribution in [2.75, 3.05) is 43.6 Å². The number of carbonyl (C=O) groups excluding carboxylic acids is 2. The predicted molar refractivity (Wildman–Crippen MR) is 253 cm³/mol. The third-order valence-corrected chi connectivity index (χ3v) is 16.3. The molecule has 1 N–H and O–H groups in total. The zero-order valence-corrected chi connectivity index (χ0v) is 40.3. The molecule has 19 nitrogen and oxygen atoms in total. The van der Waals surface area contributed by atoms with Crippen LogP contribution >= 0.6 is 0 Å². The minimum atomic E-state index is -3.31. The first kappa shape index (κ1) is 45.5. The Morgan fingerprint density at radius 3 is 1.68 bits per heavy atom. The summed E-state index contributed by atoms with van der Waals surface area (Å²) in [4.78, 5) is 40.9. The molecular formula is C47H53N11O8S2.